The van der Waals surface area contributed by atoms with Crippen molar-refractivity contribution in [1.82, 2.24) is 14.8 Å². The number of amides is 1. The number of likely N-dealkylation sites (tertiary alicyclic amines) is 1. The van der Waals surface area contributed by atoms with Gasteiger partial charge in [0.25, 0.3) is 0 Å². The highest BCUT2D eigenvalue weighted by Gasteiger charge is 2.27. The van der Waals surface area contributed by atoms with E-state index in [4.69, 9.17) is 0 Å². The van der Waals surface area contributed by atoms with E-state index < -0.39 is 0 Å². The van der Waals surface area contributed by atoms with Gasteiger partial charge < -0.3 is 9.80 Å². The molecule has 1 aromatic heterocycles. The molecule has 1 amide bonds. The second-order valence-corrected chi connectivity index (χ2v) is 9.88. The Labute approximate surface area is 184 Å². The van der Waals surface area contributed by atoms with Crippen molar-refractivity contribution in [2.45, 2.75) is 52.1 Å². The number of benzene rings is 1. The molecule has 6 heteroatoms. The molecular weight excluding hydrogens is 392 g/mol. The molecule has 2 saturated heterocycles. The molecule has 0 bridgehead atoms. The number of rotatable bonds is 6. The van der Waals surface area contributed by atoms with Crippen LogP contribution in [0.4, 0.5) is 5.69 Å². The molecule has 2 aliphatic rings. The maximum absolute atomic E-state index is 13.0. The van der Waals surface area contributed by atoms with Gasteiger partial charge in [0.15, 0.2) is 0 Å². The molecule has 3 heterocycles. The van der Waals surface area contributed by atoms with Crippen LogP contribution >= 0.6 is 11.3 Å². The summed E-state index contributed by atoms with van der Waals surface area (Å²) in [6, 6.07) is 8.81. The Bertz CT molecular complexity index is 820. The van der Waals surface area contributed by atoms with Gasteiger partial charge in [-0.15, -0.1) is 11.3 Å². The van der Waals surface area contributed by atoms with Crippen LogP contribution in [0.5, 0.6) is 0 Å². The fourth-order valence-electron chi connectivity index (χ4n) is 4.68. The van der Waals surface area contributed by atoms with Gasteiger partial charge >= 0.3 is 0 Å². The second-order valence-electron chi connectivity index (χ2n) is 8.82. The van der Waals surface area contributed by atoms with E-state index in [-0.39, 0.29) is 5.92 Å². The quantitative estimate of drug-likeness (QED) is 0.690. The van der Waals surface area contributed by atoms with E-state index in [0.29, 0.717) is 12.5 Å². The summed E-state index contributed by atoms with van der Waals surface area (Å²) < 4.78 is 0. The first kappa shape index (κ1) is 21.3. The fourth-order valence-corrected chi connectivity index (χ4v) is 5.28. The smallest absolute Gasteiger partial charge is 0.225 e. The zero-order chi connectivity index (χ0) is 20.9. The van der Waals surface area contributed by atoms with E-state index in [1.807, 2.05) is 11.9 Å². The van der Waals surface area contributed by atoms with Gasteiger partial charge in [-0.3, -0.25) is 9.69 Å². The highest BCUT2D eigenvalue weighted by atomic mass is 32.1. The number of carbonyl (C=O) groups is 1. The molecule has 1 aromatic carbocycles. The summed E-state index contributed by atoms with van der Waals surface area (Å²) in [7, 11) is 1.95. The maximum Gasteiger partial charge on any atom is 0.225 e. The van der Waals surface area contributed by atoms with Gasteiger partial charge in [0.05, 0.1) is 10.7 Å². The van der Waals surface area contributed by atoms with Crippen molar-refractivity contribution in [2.75, 3.05) is 38.1 Å². The van der Waals surface area contributed by atoms with E-state index in [9.17, 15) is 4.79 Å². The van der Waals surface area contributed by atoms with Gasteiger partial charge in [-0.2, -0.15) is 0 Å². The number of hydrogen-bond acceptors (Lipinski definition) is 5. The van der Waals surface area contributed by atoms with Crippen molar-refractivity contribution in [1.29, 1.82) is 0 Å². The molecule has 2 aliphatic heterocycles. The molecule has 0 spiro atoms. The first-order valence-corrected chi connectivity index (χ1v) is 12.2. The van der Waals surface area contributed by atoms with Crippen LogP contribution in [-0.2, 0) is 17.9 Å². The normalized spacial score (nSPS) is 18.5. The van der Waals surface area contributed by atoms with Crippen LogP contribution in [0.3, 0.4) is 0 Å². The van der Waals surface area contributed by atoms with Crippen LogP contribution in [0, 0.1) is 12.8 Å². The average molecular weight is 427 g/mol. The van der Waals surface area contributed by atoms with Crippen molar-refractivity contribution in [3.05, 3.63) is 45.9 Å². The number of aromatic nitrogens is 1. The lowest BCUT2D eigenvalue weighted by Crippen LogP contribution is -2.40. The summed E-state index contributed by atoms with van der Waals surface area (Å²) in [5.74, 6) is 0.440. The minimum absolute atomic E-state index is 0.149. The highest BCUT2D eigenvalue weighted by Crippen LogP contribution is 2.23. The van der Waals surface area contributed by atoms with Gasteiger partial charge in [-0.25, -0.2) is 4.98 Å². The summed E-state index contributed by atoms with van der Waals surface area (Å²) in [6.45, 7) is 7.94. The Morgan fingerprint density at radius 1 is 1.10 bits per heavy atom. The van der Waals surface area contributed by atoms with E-state index in [1.54, 1.807) is 11.3 Å². The van der Waals surface area contributed by atoms with Gasteiger partial charge in [0.1, 0.15) is 0 Å². The molecule has 162 valence electrons. The van der Waals surface area contributed by atoms with Crippen molar-refractivity contribution in [3.8, 4) is 0 Å². The lowest BCUT2D eigenvalue weighted by Gasteiger charge is -2.33. The van der Waals surface area contributed by atoms with Crippen LogP contribution in [0.1, 0.15) is 48.4 Å². The van der Waals surface area contributed by atoms with E-state index >= 15 is 0 Å². The molecule has 0 unspecified atom stereocenters. The minimum atomic E-state index is 0.149. The van der Waals surface area contributed by atoms with Crippen LogP contribution in [0.25, 0.3) is 0 Å². The predicted molar refractivity (Wildman–Crippen MR) is 124 cm³/mol. The van der Waals surface area contributed by atoms with Crippen molar-refractivity contribution in [3.63, 3.8) is 0 Å². The number of hydrogen-bond donors (Lipinski definition) is 0. The van der Waals surface area contributed by atoms with Gasteiger partial charge in [0, 0.05) is 50.2 Å². The largest absolute Gasteiger partial charge is 0.372 e. The average Bonchev–Trinajstić information content (AvgIpc) is 3.19. The first-order chi connectivity index (χ1) is 14.6. The number of thiazole rings is 1. The predicted octanol–water partition coefficient (Wildman–Crippen LogP) is 4.31. The molecule has 0 aliphatic carbocycles. The molecular formula is C24H34N4OS. The number of aryl methyl sites for hydroxylation is 1. The van der Waals surface area contributed by atoms with Gasteiger partial charge in [0.2, 0.25) is 5.91 Å². The number of nitrogens with zero attached hydrogens (tertiary/aromatic N) is 4. The Morgan fingerprint density at radius 3 is 2.43 bits per heavy atom. The fraction of sp³-hybridized carbons (Fsp3) is 0.583. The zero-order valence-corrected chi connectivity index (χ0v) is 19.2. The summed E-state index contributed by atoms with van der Waals surface area (Å²) in [4.78, 5) is 24.4. The lowest BCUT2D eigenvalue weighted by molar-refractivity contribution is -0.136. The van der Waals surface area contributed by atoms with Crippen LogP contribution in [-0.4, -0.2) is 53.9 Å². The van der Waals surface area contributed by atoms with Crippen LogP contribution in [0.2, 0.25) is 0 Å². The monoisotopic (exact) mass is 426 g/mol. The molecule has 2 aromatic rings. The summed E-state index contributed by atoms with van der Waals surface area (Å²) in [5, 5.41) is 3.28. The zero-order valence-electron chi connectivity index (χ0n) is 18.3. The van der Waals surface area contributed by atoms with Gasteiger partial charge in [-0.05, 0) is 69.8 Å². The number of piperidine rings is 2. The third-order valence-electron chi connectivity index (χ3n) is 6.44. The SMILES string of the molecule is Cc1nc(CN2CCC(C(=O)N(C)Cc3ccc(N4CCCCC4)cc3)CC2)cs1. The highest BCUT2D eigenvalue weighted by molar-refractivity contribution is 7.09. The minimum Gasteiger partial charge on any atom is -0.372 e. The summed E-state index contributed by atoms with van der Waals surface area (Å²) >= 11 is 1.71. The van der Waals surface area contributed by atoms with Crippen molar-refractivity contribution < 1.29 is 4.79 Å². The van der Waals surface area contributed by atoms with Crippen molar-refractivity contribution in [2.24, 2.45) is 5.92 Å². The molecule has 0 saturated carbocycles. The Hall–Kier alpha value is -1.92. The molecule has 30 heavy (non-hydrogen) atoms. The summed E-state index contributed by atoms with van der Waals surface area (Å²) in [6.07, 6.45) is 5.83. The van der Waals surface area contributed by atoms with Gasteiger partial charge in [-0.1, -0.05) is 12.1 Å². The van der Waals surface area contributed by atoms with E-state index in [2.05, 4.69) is 51.4 Å². The molecule has 0 N–H and O–H groups in total. The Kier molecular flexibility index (Phi) is 7.05. The number of anilines is 1. The van der Waals surface area contributed by atoms with Crippen molar-refractivity contribution >= 4 is 22.9 Å². The topological polar surface area (TPSA) is 39.7 Å². The first-order valence-electron chi connectivity index (χ1n) is 11.3. The summed E-state index contributed by atoms with van der Waals surface area (Å²) in [5.41, 5.74) is 3.69. The number of carbonyl (C=O) groups excluding carboxylic acids is 1. The Morgan fingerprint density at radius 2 is 1.80 bits per heavy atom. The van der Waals surface area contributed by atoms with E-state index in [1.165, 1.54) is 43.6 Å². The maximum atomic E-state index is 13.0. The second kappa shape index (κ2) is 9.92. The van der Waals surface area contributed by atoms with Crippen LogP contribution < -0.4 is 4.90 Å². The third-order valence-corrected chi connectivity index (χ3v) is 7.26. The molecule has 5 nitrogen and oxygen atoms in total. The molecule has 0 radical (unpaired) electrons. The Balaban J connectivity index is 1.24. The molecule has 0 atom stereocenters. The molecule has 2 fully saturated rings. The van der Waals surface area contributed by atoms with E-state index in [0.717, 1.165) is 43.2 Å². The van der Waals surface area contributed by atoms with Crippen LogP contribution in [0.15, 0.2) is 29.6 Å². The third kappa shape index (κ3) is 5.41. The molecule has 4 rings (SSSR count). The lowest BCUT2D eigenvalue weighted by atomic mass is 9.95. The standard InChI is InChI=1S/C24H34N4OS/c1-19-25-22(18-30-19)17-27-14-10-21(11-15-27)24(29)26(2)16-20-6-8-23(9-7-20)28-12-4-3-5-13-28/h6-9,18,21H,3-5,10-17H2,1-2H3.